The average molecular weight is 178 g/mol. The average Bonchev–Trinajstić information content (AvgIpc) is 2.03. The minimum Gasteiger partial charge on any atom is -0.385 e. The van der Waals surface area contributed by atoms with Crippen molar-refractivity contribution in [2.24, 2.45) is 0 Å². The Morgan fingerprint density at radius 1 is 1.17 bits per heavy atom. The molecule has 4 nitrogen and oxygen atoms in total. The van der Waals surface area contributed by atoms with E-state index in [4.69, 9.17) is 14.2 Å². The molecule has 4 heteroatoms. The van der Waals surface area contributed by atoms with Crippen molar-refractivity contribution < 1.29 is 19.3 Å². The maximum absolute atomic E-state index is 9.38. The molecule has 0 aromatic rings. The first kappa shape index (κ1) is 11.8. The van der Waals surface area contributed by atoms with Gasteiger partial charge in [-0.05, 0) is 13.8 Å². The quantitative estimate of drug-likeness (QED) is 0.598. The lowest BCUT2D eigenvalue weighted by Gasteiger charge is -2.20. The van der Waals surface area contributed by atoms with E-state index in [-0.39, 0.29) is 12.7 Å². The maximum atomic E-state index is 9.38. The van der Waals surface area contributed by atoms with Crippen molar-refractivity contribution in [2.75, 3.05) is 20.8 Å². The fourth-order valence-corrected chi connectivity index (χ4v) is 0.780. The molecule has 1 unspecified atom stereocenters. The minimum absolute atomic E-state index is 0.106. The fraction of sp³-hybridized carbons (Fsp3) is 1.00. The molecule has 0 radical (unpaired) electrons. The van der Waals surface area contributed by atoms with Crippen LogP contribution in [0.25, 0.3) is 0 Å². The standard InChI is InChI=1S/C8H18O4/c1-6(2)12-5-7(9)8(10-3)11-4/h6-9H,5H2,1-4H3. The summed E-state index contributed by atoms with van der Waals surface area (Å²) >= 11 is 0. The van der Waals surface area contributed by atoms with Crippen LogP contribution in [0.15, 0.2) is 0 Å². The molecule has 0 spiro atoms. The Morgan fingerprint density at radius 2 is 1.67 bits per heavy atom. The Hall–Kier alpha value is -0.160. The Morgan fingerprint density at radius 3 is 2.00 bits per heavy atom. The van der Waals surface area contributed by atoms with Gasteiger partial charge in [-0.25, -0.2) is 0 Å². The number of hydrogen-bond donors (Lipinski definition) is 1. The largest absolute Gasteiger partial charge is 0.385 e. The van der Waals surface area contributed by atoms with E-state index in [0.29, 0.717) is 0 Å². The van der Waals surface area contributed by atoms with E-state index in [1.807, 2.05) is 13.8 Å². The summed E-state index contributed by atoms with van der Waals surface area (Å²) in [5.41, 5.74) is 0. The zero-order chi connectivity index (χ0) is 9.56. The lowest BCUT2D eigenvalue weighted by Crippen LogP contribution is -2.34. The number of ether oxygens (including phenoxy) is 3. The van der Waals surface area contributed by atoms with Crippen LogP contribution in [0, 0.1) is 0 Å². The van der Waals surface area contributed by atoms with E-state index in [9.17, 15) is 5.11 Å². The first-order valence-electron chi connectivity index (χ1n) is 3.97. The summed E-state index contributed by atoms with van der Waals surface area (Å²) in [5, 5.41) is 9.38. The highest BCUT2D eigenvalue weighted by atomic mass is 16.7. The molecule has 0 fully saturated rings. The molecule has 0 saturated carbocycles. The van der Waals surface area contributed by atoms with Crippen molar-refractivity contribution in [1.29, 1.82) is 0 Å². The Bertz CT molecular complexity index is 101. The summed E-state index contributed by atoms with van der Waals surface area (Å²) in [7, 11) is 2.96. The smallest absolute Gasteiger partial charge is 0.184 e. The normalized spacial score (nSPS) is 14.2. The summed E-state index contributed by atoms with van der Waals surface area (Å²) in [6, 6.07) is 0. The first-order chi connectivity index (χ1) is 5.61. The van der Waals surface area contributed by atoms with Gasteiger partial charge in [0.2, 0.25) is 0 Å². The predicted molar refractivity (Wildman–Crippen MR) is 44.9 cm³/mol. The van der Waals surface area contributed by atoms with Gasteiger partial charge >= 0.3 is 0 Å². The van der Waals surface area contributed by atoms with Crippen molar-refractivity contribution in [3.05, 3.63) is 0 Å². The summed E-state index contributed by atoms with van der Waals surface area (Å²) in [6.07, 6.45) is -1.24. The van der Waals surface area contributed by atoms with E-state index < -0.39 is 12.4 Å². The second kappa shape index (κ2) is 6.37. The number of methoxy groups -OCH3 is 2. The molecular formula is C8H18O4. The molecule has 74 valence electrons. The maximum Gasteiger partial charge on any atom is 0.184 e. The Balaban J connectivity index is 3.61. The number of aliphatic hydroxyl groups is 1. The topological polar surface area (TPSA) is 47.9 Å². The van der Waals surface area contributed by atoms with Crippen LogP contribution in [0.4, 0.5) is 0 Å². The van der Waals surface area contributed by atoms with Crippen LogP contribution in [0.2, 0.25) is 0 Å². The zero-order valence-corrected chi connectivity index (χ0v) is 8.11. The molecular weight excluding hydrogens is 160 g/mol. The van der Waals surface area contributed by atoms with Gasteiger partial charge < -0.3 is 19.3 Å². The monoisotopic (exact) mass is 178 g/mol. The molecule has 0 aromatic heterocycles. The van der Waals surface area contributed by atoms with Gasteiger partial charge in [-0.3, -0.25) is 0 Å². The summed E-state index contributed by atoms with van der Waals surface area (Å²) < 4.78 is 14.9. The zero-order valence-electron chi connectivity index (χ0n) is 8.11. The molecule has 1 N–H and O–H groups in total. The summed E-state index contributed by atoms with van der Waals surface area (Å²) in [4.78, 5) is 0. The predicted octanol–water partition coefficient (Wildman–Crippen LogP) is 0.391. The van der Waals surface area contributed by atoms with Gasteiger partial charge in [-0.2, -0.15) is 0 Å². The van der Waals surface area contributed by atoms with E-state index in [0.717, 1.165) is 0 Å². The lowest BCUT2D eigenvalue weighted by atomic mass is 10.3. The van der Waals surface area contributed by atoms with Crippen LogP contribution in [0.1, 0.15) is 13.8 Å². The van der Waals surface area contributed by atoms with E-state index in [1.165, 1.54) is 14.2 Å². The van der Waals surface area contributed by atoms with Crippen molar-refractivity contribution in [3.8, 4) is 0 Å². The Kier molecular flexibility index (Phi) is 6.28. The highest BCUT2D eigenvalue weighted by Gasteiger charge is 2.18. The van der Waals surface area contributed by atoms with E-state index in [1.54, 1.807) is 0 Å². The van der Waals surface area contributed by atoms with Crippen LogP contribution >= 0.6 is 0 Å². The third-order valence-corrected chi connectivity index (χ3v) is 1.38. The highest BCUT2D eigenvalue weighted by Crippen LogP contribution is 2.01. The number of aliphatic hydroxyl groups excluding tert-OH is 1. The van der Waals surface area contributed by atoms with Gasteiger partial charge in [0.25, 0.3) is 0 Å². The van der Waals surface area contributed by atoms with Gasteiger partial charge in [0.05, 0.1) is 12.7 Å². The van der Waals surface area contributed by atoms with Crippen LogP contribution in [-0.2, 0) is 14.2 Å². The molecule has 0 aromatic carbocycles. The molecule has 1 atom stereocenters. The van der Waals surface area contributed by atoms with Crippen LogP contribution in [-0.4, -0.2) is 44.4 Å². The molecule has 0 aliphatic heterocycles. The number of hydrogen-bond acceptors (Lipinski definition) is 4. The highest BCUT2D eigenvalue weighted by molar-refractivity contribution is 4.58. The fourth-order valence-electron chi connectivity index (χ4n) is 0.780. The molecule has 0 amide bonds. The van der Waals surface area contributed by atoms with E-state index >= 15 is 0 Å². The molecule has 0 rings (SSSR count). The summed E-state index contributed by atoms with van der Waals surface area (Å²) in [5.74, 6) is 0. The van der Waals surface area contributed by atoms with Crippen LogP contribution in [0.5, 0.6) is 0 Å². The lowest BCUT2D eigenvalue weighted by molar-refractivity contribution is -0.181. The number of rotatable bonds is 6. The molecule has 0 saturated heterocycles. The van der Waals surface area contributed by atoms with Gasteiger partial charge in [0.15, 0.2) is 6.29 Å². The van der Waals surface area contributed by atoms with Crippen molar-refractivity contribution in [2.45, 2.75) is 32.3 Å². The van der Waals surface area contributed by atoms with Crippen molar-refractivity contribution in [1.82, 2.24) is 0 Å². The summed E-state index contributed by atoms with van der Waals surface area (Å²) in [6.45, 7) is 4.03. The van der Waals surface area contributed by atoms with Crippen LogP contribution in [0.3, 0.4) is 0 Å². The van der Waals surface area contributed by atoms with Gasteiger partial charge in [-0.15, -0.1) is 0 Å². The third-order valence-electron chi connectivity index (χ3n) is 1.38. The molecule has 0 heterocycles. The Labute approximate surface area is 73.4 Å². The van der Waals surface area contributed by atoms with Gasteiger partial charge in [0, 0.05) is 14.2 Å². The van der Waals surface area contributed by atoms with Gasteiger partial charge in [-0.1, -0.05) is 0 Å². The van der Waals surface area contributed by atoms with Crippen molar-refractivity contribution >= 4 is 0 Å². The van der Waals surface area contributed by atoms with E-state index in [2.05, 4.69) is 0 Å². The molecule has 0 bridgehead atoms. The first-order valence-corrected chi connectivity index (χ1v) is 3.97. The molecule has 0 aliphatic rings. The third kappa shape index (κ3) is 4.66. The minimum atomic E-state index is -0.734. The molecule has 12 heavy (non-hydrogen) atoms. The van der Waals surface area contributed by atoms with Crippen LogP contribution < -0.4 is 0 Å². The van der Waals surface area contributed by atoms with Gasteiger partial charge in [0.1, 0.15) is 6.10 Å². The SMILES string of the molecule is COC(OC)C(O)COC(C)C. The second-order valence-electron chi connectivity index (χ2n) is 2.79. The van der Waals surface area contributed by atoms with Crippen molar-refractivity contribution in [3.63, 3.8) is 0 Å². The molecule has 0 aliphatic carbocycles. The second-order valence-corrected chi connectivity index (χ2v) is 2.79.